The van der Waals surface area contributed by atoms with Gasteiger partial charge < -0.3 is 11.1 Å². The second-order valence-corrected chi connectivity index (χ2v) is 4.94. The Balaban J connectivity index is 2.30. The van der Waals surface area contributed by atoms with E-state index in [1.54, 1.807) is 12.1 Å². The van der Waals surface area contributed by atoms with Crippen LogP contribution in [0, 0.1) is 12.7 Å². The van der Waals surface area contributed by atoms with Gasteiger partial charge in [0.2, 0.25) is 0 Å². The third-order valence-electron chi connectivity index (χ3n) is 2.50. The summed E-state index contributed by atoms with van der Waals surface area (Å²) in [5.74, 6) is -0.912. The highest BCUT2D eigenvalue weighted by Crippen LogP contribution is 2.20. The van der Waals surface area contributed by atoms with Crippen molar-refractivity contribution >= 4 is 33.3 Å². The van der Waals surface area contributed by atoms with Crippen molar-refractivity contribution in [3.05, 3.63) is 51.9 Å². The average molecular weight is 324 g/mol. The van der Waals surface area contributed by atoms with E-state index in [4.69, 9.17) is 5.73 Å². The molecule has 0 aliphatic carbocycles. The molecule has 3 N–H and O–H groups in total. The van der Waals surface area contributed by atoms with E-state index in [1.807, 2.05) is 6.92 Å². The van der Waals surface area contributed by atoms with Crippen LogP contribution >= 0.6 is 15.9 Å². The number of carbonyl (C=O) groups excluding carboxylic acids is 1. The molecular formula is C13H11BrFN3O. The number of benzene rings is 1. The number of nitrogen functional groups attached to an aromatic ring is 1. The molecule has 0 atom stereocenters. The van der Waals surface area contributed by atoms with Gasteiger partial charge in [0.05, 0.1) is 11.3 Å². The molecule has 0 aliphatic heterocycles. The van der Waals surface area contributed by atoms with Crippen molar-refractivity contribution in [1.29, 1.82) is 0 Å². The molecule has 2 rings (SSSR count). The smallest absolute Gasteiger partial charge is 0.259 e. The number of rotatable bonds is 2. The normalized spacial score (nSPS) is 10.3. The highest BCUT2D eigenvalue weighted by atomic mass is 79.9. The number of anilines is 2. The number of aromatic nitrogens is 1. The quantitative estimate of drug-likeness (QED) is 0.892. The zero-order chi connectivity index (χ0) is 14.0. The van der Waals surface area contributed by atoms with Crippen LogP contribution in [0.2, 0.25) is 0 Å². The number of hydrogen-bond acceptors (Lipinski definition) is 3. The molecule has 19 heavy (non-hydrogen) atoms. The van der Waals surface area contributed by atoms with E-state index in [0.29, 0.717) is 4.47 Å². The van der Waals surface area contributed by atoms with Crippen LogP contribution in [0.3, 0.4) is 0 Å². The van der Waals surface area contributed by atoms with Crippen LogP contribution in [0.5, 0.6) is 0 Å². The molecule has 1 amide bonds. The molecule has 1 aromatic heterocycles. The van der Waals surface area contributed by atoms with Gasteiger partial charge in [-0.3, -0.25) is 4.79 Å². The summed E-state index contributed by atoms with van der Waals surface area (Å²) in [6.07, 6.45) is 1.49. The second kappa shape index (κ2) is 5.36. The predicted molar refractivity (Wildman–Crippen MR) is 75.4 cm³/mol. The lowest BCUT2D eigenvalue weighted by Gasteiger charge is -2.09. The lowest BCUT2D eigenvalue weighted by molar-refractivity contribution is 0.102. The summed E-state index contributed by atoms with van der Waals surface area (Å²) in [4.78, 5) is 15.9. The molecule has 0 aliphatic rings. The van der Waals surface area contributed by atoms with Crippen molar-refractivity contribution in [2.24, 2.45) is 0 Å². The highest BCUT2D eigenvalue weighted by Gasteiger charge is 2.13. The van der Waals surface area contributed by atoms with Crippen molar-refractivity contribution in [1.82, 2.24) is 4.98 Å². The Labute approximate surface area is 118 Å². The minimum atomic E-state index is -0.504. The summed E-state index contributed by atoms with van der Waals surface area (Å²) in [7, 11) is 0. The number of pyridine rings is 1. The fourth-order valence-corrected chi connectivity index (χ4v) is 1.89. The number of nitrogens with zero attached hydrogens (tertiary/aromatic N) is 1. The predicted octanol–water partition coefficient (Wildman–Crippen LogP) is 3.13. The number of amides is 1. The molecule has 0 fully saturated rings. The maximum atomic E-state index is 13.6. The monoisotopic (exact) mass is 323 g/mol. The number of hydrogen-bond donors (Lipinski definition) is 2. The highest BCUT2D eigenvalue weighted by molar-refractivity contribution is 9.10. The van der Waals surface area contributed by atoms with Crippen molar-refractivity contribution < 1.29 is 9.18 Å². The number of aryl methyl sites for hydroxylation is 1. The fraction of sp³-hybridized carbons (Fsp3) is 0.0769. The summed E-state index contributed by atoms with van der Waals surface area (Å²) < 4.78 is 14.2. The maximum Gasteiger partial charge on any atom is 0.259 e. The zero-order valence-corrected chi connectivity index (χ0v) is 11.7. The minimum Gasteiger partial charge on any atom is -0.383 e. The molecule has 1 aromatic carbocycles. The molecule has 98 valence electrons. The molecule has 6 heteroatoms. The molecule has 0 saturated heterocycles. The molecular weight excluding hydrogens is 313 g/mol. The Bertz CT molecular complexity index is 646. The van der Waals surface area contributed by atoms with Gasteiger partial charge in [-0.2, -0.15) is 0 Å². The minimum absolute atomic E-state index is 0.0914. The first-order chi connectivity index (χ1) is 8.97. The number of nitrogens with one attached hydrogen (secondary N) is 1. The van der Waals surface area contributed by atoms with Gasteiger partial charge in [-0.05, 0) is 46.6 Å². The van der Waals surface area contributed by atoms with E-state index in [1.165, 1.54) is 18.3 Å². The largest absolute Gasteiger partial charge is 0.383 e. The number of carbonyl (C=O) groups is 1. The Morgan fingerprint density at radius 1 is 1.42 bits per heavy atom. The Morgan fingerprint density at radius 2 is 2.16 bits per heavy atom. The number of halogens is 2. The van der Waals surface area contributed by atoms with Crippen LogP contribution < -0.4 is 11.1 Å². The molecule has 0 unspecified atom stereocenters. The summed E-state index contributed by atoms with van der Waals surface area (Å²) in [6.45, 7) is 1.81. The van der Waals surface area contributed by atoms with Gasteiger partial charge in [0.25, 0.3) is 5.91 Å². The topological polar surface area (TPSA) is 68.0 Å². The lowest BCUT2D eigenvalue weighted by atomic mass is 10.2. The standard InChI is InChI=1S/C13H11BrFN3O/c1-7-2-3-10(15)11(4-7)18-13(19)9-5-8(14)6-17-12(9)16/h2-6H,1H3,(H2,16,17)(H,18,19). The van der Waals surface area contributed by atoms with Crippen molar-refractivity contribution in [2.75, 3.05) is 11.1 Å². The Kier molecular flexibility index (Phi) is 3.80. The molecule has 0 saturated carbocycles. The van der Waals surface area contributed by atoms with E-state index in [9.17, 15) is 9.18 Å². The first-order valence-corrected chi connectivity index (χ1v) is 6.25. The van der Waals surface area contributed by atoms with Crippen LogP contribution in [0.25, 0.3) is 0 Å². The number of nitrogens with two attached hydrogens (primary N) is 1. The van der Waals surface area contributed by atoms with Gasteiger partial charge >= 0.3 is 0 Å². The molecule has 0 radical (unpaired) electrons. The lowest BCUT2D eigenvalue weighted by Crippen LogP contribution is -2.15. The van der Waals surface area contributed by atoms with Crippen LogP contribution in [0.1, 0.15) is 15.9 Å². The van der Waals surface area contributed by atoms with E-state index in [0.717, 1.165) is 5.56 Å². The van der Waals surface area contributed by atoms with Gasteiger partial charge in [0, 0.05) is 10.7 Å². The van der Waals surface area contributed by atoms with Gasteiger partial charge in [-0.25, -0.2) is 9.37 Å². The fourth-order valence-electron chi connectivity index (χ4n) is 1.56. The SMILES string of the molecule is Cc1ccc(F)c(NC(=O)c2cc(Br)cnc2N)c1. The average Bonchev–Trinajstić information content (AvgIpc) is 2.36. The summed E-state index contributed by atoms with van der Waals surface area (Å²) in [6, 6.07) is 6.01. The summed E-state index contributed by atoms with van der Waals surface area (Å²) >= 11 is 3.20. The molecule has 4 nitrogen and oxygen atoms in total. The Morgan fingerprint density at radius 3 is 2.89 bits per heavy atom. The first-order valence-electron chi connectivity index (χ1n) is 5.46. The van der Waals surface area contributed by atoms with Gasteiger partial charge in [0.1, 0.15) is 11.6 Å². The van der Waals surface area contributed by atoms with E-state index in [2.05, 4.69) is 26.2 Å². The molecule has 0 spiro atoms. The van der Waals surface area contributed by atoms with Gasteiger partial charge in [0.15, 0.2) is 0 Å². The third-order valence-corrected chi connectivity index (χ3v) is 2.93. The zero-order valence-electron chi connectivity index (χ0n) is 10.1. The first kappa shape index (κ1) is 13.5. The Hall–Kier alpha value is -1.95. The van der Waals surface area contributed by atoms with Crippen LogP contribution in [-0.2, 0) is 0 Å². The van der Waals surface area contributed by atoms with E-state index in [-0.39, 0.29) is 17.1 Å². The summed E-state index contributed by atoms with van der Waals surface area (Å²) in [5.41, 5.74) is 6.78. The van der Waals surface area contributed by atoms with Crippen LogP contribution in [0.15, 0.2) is 34.9 Å². The summed E-state index contributed by atoms with van der Waals surface area (Å²) in [5, 5.41) is 2.48. The van der Waals surface area contributed by atoms with Gasteiger partial charge in [-0.1, -0.05) is 6.07 Å². The maximum absolute atomic E-state index is 13.6. The van der Waals surface area contributed by atoms with Crippen molar-refractivity contribution in [3.8, 4) is 0 Å². The molecule has 2 aromatic rings. The molecule has 0 bridgehead atoms. The molecule has 1 heterocycles. The van der Waals surface area contributed by atoms with E-state index < -0.39 is 11.7 Å². The third kappa shape index (κ3) is 3.08. The van der Waals surface area contributed by atoms with Crippen molar-refractivity contribution in [3.63, 3.8) is 0 Å². The van der Waals surface area contributed by atoms with Crippen molar-refractivity contribution in [2.45, 2.75) is 6.92 Å². The van der Waals surface area contributed by atoms with Gasteiger partial charge in [-0.15, -0.1) is 0 Å². The van der Waals surface area contributed by atoms with Crippen LogP contribution in [0.4, 0.5) is 15.9 Å². The van der Waals surface area contributed by atoms with Crippen LogP contribution in [-0.4, -0.2) is 10.9 Å². The second-order valence-electron chi connectivity index (χ2n) is 4.02. The van der Waals surface area contributed by atoms with E-state index >= 15 is 0 Å².